The lowest BCUT2D eigenvalue weighted by Crippen LogP contribution is -2.13. The average molecular weight is 231 g/mol. The second kappa shape index (κ2) is 4.37. The Morgan fingerprint density at radius 2 is 2.47 bits per heavy atom. The standard InChI is InChI=1S/C13H17N3O/c1-17-11-2-3-12-13(6-11)16(9-15-12)8-10-4-5-14-7-10/h2-3,6,9-10,14H,4-5,7-8H2,1H3. The van der Waals surface area contributed by atoms with Gasteiger partial charge in [0, 0.05) is 12.6 Å². The molecule has 1 saturated heterocycles. The van der Waals surface area contributed by atoms with E-state index in [0.717, 1.165) is 42.3 Å². The Labute approximate surface area is 101 Å². The van der Waals surface area contributed by atoms with Crippen LogP contribution >= 0.6 is 0 Å². The van der Waals surface area contributed by atoms with Crippen molar-refractivity contribution in [2.45, 2.75) is 13.0 Å². The fraction of sp³-hybridized carbons (Fsp3) is 0.462. The van der Waals surface area contributed by atoms with E-state index in [2.05, 4.69) is 20.9 Å². The first-order valence-electron chi connectivity index (χ1n) is 6.06. The summed E-state index contributed by atoms with van der Waals surface area (Å²) < 4.78 is 7.49. The summed E-state index contributed by atoms with van der Waals surface area (Å²) in [7, 11) is 1.70. The van der Waals surface area contributed by atoms with E-state index in [-0.39, 0.29) is 0 Å². The summed E-state index contributed by atoms with van der Waals surface area (Å²) in [4.78, 5) is 4.42. The van der Waals surface area contributed by atoms with Crippen molar-refractivity contribution in [2.75, 3.05) is 20.2 Å². The largest absolute Gasteiger partial charge is 0.497 e. The molecular weight excluding hydrogens is 214 g/mol. The molecule has 0 saturated carbocycles. The highest BCUT2D eigenvalue weighted by Gasteiger charge is 2.16. The van der Waals surface area contributed by atoms with Crippen LogP contribution in [0.1, 0.15) is 6.42 Å². The molecule has 2 aromatic rings. The van der Waals surface area contributed by atoms with Gasteiger partial charge in [-0.1, -0.05) is 0 Å². The molecule has 1 aliphatic rings. The Hall–Kier alpha value is -1.55. The second-order valence-electron chi connectivity index (χ2n) is 4.61. The van der Waals surface area contributed by atoms with Crippen molar-refractivity contribution < 1.29 is 4.74 Å². The van der Waals surface area contributed by atoms with Gasteiger partial charge in [-0.2, -0.15) is 0 Å². The molecule has 1 atom stereocenters. The quantitative estimate of drug-likeness (QED) is 0.873. The summed E-state index contributed by atoms with van der Waals surface area (Å²) in [6, 6.07) is 6.03. The minimum Gasteiger partial charge on any atom is -0.497 e. The summed E-state index contributed by atoms with van der Waals surface area (Å²) in [5, 5.41) is 3.40. The molecule has 17 heavy (non-hydrogen) atoms. The fourth-order valence-electron chi connectivity index (χ4n) is 2.46. The fourth-order valence-corrected chi connectivity index (χ4v) is 2.46. The van der Waals surface area contributed by atoms with Gasteiger partial charge >= 0.3 is 0 Å². The van der Waals surface area contributed by atoms with Gasteiger partial charge in [0.1, 0.15) is 5.75 Å². The summed E-state index contributed by atoms with van der Waals surface area (Å²) in [5.41, 5.74) is 2.20. The Morgan fingerprint density at radius 1 is 1.53 bits per heavy atom. The molecule has 2 heterocycles. The van der Waals surface area contributed by atoms with Gasteiger partial charge in [0.05, 0.1) is 24.5 Å². The van der Waals surface area contributed by atoms with Crippen LogP contribution in [-0.4, -0.2) is 29.8 Å². The van der Waals surface area contributed by atoms with Crippen LogP contribution in [0.15, 0.2) is 24.5 Å². The van der Waals surface area contributed by atoms with Crippen LogP contribution in [0.3, 0.4) is 0 Å². The van der Waals surface area contributed by atoms with Gasteiger partial charge in [0.25, 0.3) is 0 Å². The van der Waals surface area contributed by atoms with Crippen LogP contribution in [0.2, 0.25) is 0 Å². The molecule has 4 nitrogen and oxygen atoms in total. The lowest BCUT2D eigenvalue weighted by Gasteiger charge is -2.10. The Kier molecular flexibility index (Phi) is 2.73. The van der Waals surface area contributed by atoms with Gasteiger partial charge in [0.15, 0.2) is 0 Å². The molecule has 0 bridgehead atoms. The van der Waals surface area contributed by atoms with E-state index in [0.29, 0.717) is 0 Å². The normalized spacial score (nSPS) is 19.9. The second-order valence-corrected chi connectivity index (χ2v) is 4.61. The number of aromatic nitrogens is 2. The van der Waals surface area contributed by atoms with E-state index in [1.54, 1.807) is 7.11 Å². The predicted octanol–water partition coefficient (Wildman–Crippen LogP) is 1.65. The van der Waals surface area contributed by atoms with Crippen LogP contribution in [-0.2, 0) is 6.54 Å². The Morgan fingerprint density at radius 3 is 3.24 bits per heavy atom. The van der Waals surface area contributed by atoms with Gasteiger partial charge in [-0.3, -0.25) is 0 Å². The zero-order valence-electron chi connectivity index (χ0n) is 10.0. The molecule has 0 spiro atoms. The molecular formula is C13H17N3O. The SMILES string of the molecule is COc1ccc2ncn(CC3CCNC3)c2c1. The highest BCUT2D eigenvalue weighted by atomic mass is 16.5. The highest BCUT2D eigenvalue weighted by Crippen LogP contribution is 2.21. The monoisotopic (exact) mass is 231 g/mol. The first-order valence-corrected chi connectivity index (χ1v) is 6.06. The van der Waals surface area contributed by atoms with Crippen molar-refractivity contribution in [1.82, 2.24) is 14.9 Å². The molecule has 4 heteroatoms. The molecule has 3 rings (SSSR count). The number of fused-ring (bicyclic) bond motifs is 1. The van der Waals surface area contributed by atoms with E-state index in [9.17, 15) is 0 Å². The van der Waals surface area contributed by atoms with Crippen LogP contribution < -0.4 is 10.1 Å². The number of nitrogens with zero attached hydrogens (tertiary/aromatic N) is 2. The van der Waals surface area contributed by atoms with Crippen molar-refractivity contribution in [3.8, 4) is 5.75 Å². The van der Waals surface area contributed by atoms with Crippen molar-refractivity contribution in [1.29, 1.82) is 0 Å². The highest BCUT2D eigenvalue weighted by molar-refractivity contribution is 5.77. The van der Waals surface area contributed by atoms with Gasteiger partial charge in [0.2, 0.25) is 0 Å². The number of nitrogens with one attached hydrogen (secondary N) is 1. The first-order chi connectivity index (χ1) is 8.36. The Bertz CT molecular complexity index is 514. The van der Waals surface area contributed by atoms with Crippen LogP contribution in [0.5, 0.6) is 5.75 Å². The van der Waals surface area contributed by atoms with E-state index in [1.165, 1.54) is 6.42 Å². The number of rotatable bonds is 3. The van der Waals surface area contributed by atoms with Gasteiger partial charge in [-0.25, -0.2) is 4.98 Å². The number of imidazole rings is 1. The molecule has 1 aromatic heterocycles. The van der Waals surface area contributed by atoms with Gasteiger partial charge < -0.3 is 14.6 Å². The molecule has 0 radical (unpaired) electrons. The number of hydrogen-bond acceptors (Lipinski definition) is 3. The van der Waals surface area contributed by atoms with Crippen molar-refractivity contribution in [3.63, 3.8) is 0 Å². The minimum atomic E-state index is 0.721. The van der Waals surface area contributed by atoms with Crippen molar-refractivity contribution in [2.24, 2.45) is 5.92 Å². The van der Waals surface area contributed by atoms with Crippen LogP contribution in [0.25, 0.3) is 11.0 Å². The molecule has 0 amide bonds. The van der Waals surface area contributed by atoms with E-state index in [4.69, 9.17) is 4.74 Å². The third-order valence-electron chi connectivity index (χ3n) is 3.45. The third kappa shape index (κ3) is 2.00. The smallest absolute Gasteiger partial charge is 0.121 e. The summed E-state index contributed by atoms with van der Waals surface area (Å²) in [6.07, 6.45) is 3.19. The average Bonchev–Trinajstić information content (AvgIpc) is 2.99. The maximum absolute atomic E-state index is 5.26. The summed E-state index contributed by atoms with van der Waals surface area (Å²) in [6.45, 7) is 3.29. The van der Waals surface area contributed by atoms with E-state index in [1.807, 2.05) is 18.5 Å². The number of hydrogen-bond donors (Lipinski definition) is 1. The zero-order chi connectivity index (χ0) is 11.7. The topological polar surface area (TPSA) is 39.1 Å². The summed E-state index contributed by atoms with van der Waals surface area (Å²) >= 11 is 0. The number of benzene rings is 1. The lowest BCUT2D eigenvalue weighted by atomic mass is 10.1. The van der Waals surface area contributed by atoms with Gasteiger partial charge in [-0.15, -0.1) is 0 Å². The molecule has 90 valence electrons. The number of ether oxygens (including phenoxy) is 1. The van der Waals surface area contributed by atoms with Crippen molar-refractivity contribution in [3.05, 3.63) is 24.5 Å². The first kappa shape index (κ1) is 10.6. The minimum absolute atomic E-state index is 0.721. The molecule has 0 aliphatic carbocycles. The molecule has 1 N–H and O–H groups in total. The maximum atomic E-state index is 5.26. The van der Waals surface area contributed by atoms with Crippen LogP contribution in [0, 0.1) is 5.92 Å². The Balaban J connectivity index is 1.92. The number of methoxy groups -OCH3 is 1. The van der Waals surface area contributed by atoms with Gasteiger partial charge in [-0.05, 0) is 37.6 Å². The van der Waals surface area contributed by atoms with Crippen molar-refractivity contribution >= 4 is 11.0 Å². The predicted molar refractivity (Wildman–Crippen MR) is 67.3 cm³/mol. The lowest BCUT2D eigenvalue weighted by molar-refractivity contribution is 0.415. The zero-order valence-corrected chi connectivity index (χ0v) is 10.0. The van der Waals surface area contributed by atoms with E-state index >= 15 is 0 Å². The molecule has 1 fully saturated rings. The molecule has 1 unspecified atom stereocenters. The summed E-state index contributed by atoms with van der Waals surface area (Å²) in [5.74, 6) is 1.61. The molecule has 1 aromatic carbocycles. The third-order valence-corrected chi connectivity index (χ3v) is 3.45. The maximum Gasteiger partial charge on any atom is 0.121 e. The molecule has 1 aliphatic heterocycles. The van der Waals surface area contributed by atoms with Crippen LogP contribution in [0.4, 0.5) is 0 Å². The van der Waals surface area contributed by atoms with E-state index < -0.39 is 0 Å².